The maximum atomic E-state index is 14.9. The third-order valence-corrected chi connectivity index (χ3v) is 6.45. The van der Waals surface area contributed by atoms with Crippen LogP contribution in [0.4, 0.5) is 4.39 Å². The lowest BCUT2D eigenvalue weighted by Gasteiger charge is -2.34. The second-order valence-electron chi connectivity index (χ2n) is 9.33. The van der Waals surface area contributed by atoms with E-state index in [1.54, 1.807) is 6.07 Å². The van der Waals surface area contributed by atoms with E-state index in [4.69, 9.17) is 11.6 Å². The summed E-state index contributed by atoms with van der Waals surface area (Å²) in [6, 6.07) is 5.09. The van der Waals surface area contributed by atoms with Gasteiger partial charge >= 0.3 is 0 Å². The molecule has 0 bridgehead atoms. The van der Waals surface area contributed by atoms with Crippen molar-refractivity contribution >= 4 is 17.5 Å². The fraction of sp³-hybridized carbons (Fsp3) is 0.583. The van der Waals surface area contributed by atoms with Crippen molar-refractivity contribution in [2.45, 2.75) is 71.8 Å². The summed E-state index contributed by atoms with van der Waals surface area (Å²) >= 11 is 6.52. The molecule has 1 aliphatic rings. The molecule has 1 saturated carbocycles. The Morgan fingerprint density at radius 3 is 2.65 bits per heavy atom. The first kappa shape index (κ1) is 23.7. The number of nitrogens with one attached hydrogen (secondary N) is 1. The number of hydrogen-bond donors (Lipinski definition) is 2. The van der Waals surface area contributed by atoms with E-state index < -0.39 is 17.3 Å². The minimum atomic E-state index is -0.900. The number of amides is 1. The summed E-state index contributed by atoms with van der Waals surface area (Å²) in [5.41, 5.74) is 0.347. The molecular weight excluding hydrogens is 417 g/mol. The summed E-state index contributed by atoms with van der Waals surface area (Å²) in [4.78, 5) is 17.2. The molecule has 1 aromatic carbocycles. The summed E-state index contributed by atoms with van der Waals surface area (Å²) in [5, 5.41) is 13.6. The Balaban J connectivity index is 1.82. The fourth-order valence-corrected chi connectivity index (χ4v) is 4.52. The van der Waals surface area contributed by atoms with Gasteiger partial charge in [-0.2, -0.15) is 0 Å². The number of rotatable bonds is 7. The maximum Gasteiger partial charge on any atom is 0.273 e. The number of aryl methyl sites for hydroxylation is 1. The molecular formula is C24H33ClFN3O2. The van der Waals surface area contributed by atoms with Crippen molar-refractivity contribution in [1.29, 1.82) is 0 Å². The highest BCUT2D eigenvalue weighted by Gasteiger charge is 2.33. The van der Waals surface area contributed by atoms with E-state index in [2.05, 4.69) is 31.1 Å². The van der Waals surface area contributed by atoms with Crippen LogP contribution in [-0.2, 0) is 12.8 Å². The third-order valence-electron chi connectivity index (χ3n) is 6.10. The van der Waals surface area contributed by atoms with Crippen LogP contribution in [0.5, 0.6) is 0 Å². The maximum absolute atomic E-state index is 14.9. The predicted molar refractivity (Wildman–Crippen MR) is 121 cm³/mol. The number of aromatic nitrogens is 2. The predicted octanol–water partition coefficient (Wildman–Crippen LogP) is 5.10. The van der Waals surface area contributed by atoms with Crippen LogP contribution < -0.4 is 5.32 Å². The second-order valence-corrected chi connectivity index (χ2v) is 9.69. The molecule has 1 aliphatic carbocycles. The van der Waals surface area contributed by atoms with E-state index >= 15 is 0 Å². The summed E-state index contributed by atoms with van der Waals surface area (Å²) in [6.45, 7) is 8.38. The highest BCUT2D eigenvalue weighted by molar-refractivity contribution is 6.32. The Morgan fingerprint density at radius 2 is 2.06 bits per heavy atom. The smallest absolute Gasteiger partial charge is 0.273 e. The Hall–Kier alpha value is -1.92. The summed E-state index contributed by atoms with van der Waals surface area (Å²) < 4.78 is 16.4. The first-order valence-corrected chi connectivity index (χ1v) is 11.6. The van der Waals surface area contributed by atoms with Crippen molar-refractivity contribution in [2.75, 3.05) is 6.54 Å². The van der Waals surface area contributed by atoms with Crippen molar-refractivity contribution in [2.24, 2.45) is 11.8 Å². The molecule has 0 spiro atoms. The van der Waals surface area contributed by atoms with Gasteiger partial charge in [-0.3, -0.25) is 9.36 Å². The first-order chi connectivity index (χ1) is 14.6. The number of nitrogens with zero attached hydrogens (tertiary/aromatic N) is 2. The Bertz CT molecular complexity index is 933. The lowest BCUT2D eigenvalue weighted by molar-refractivity contribution is -0.00543. The Kier molecular flexibility index (Phi) is 7.43. The number of imidazole rings is 1. The van der Waals surface area contributed by atoms with E-state index in [0.29, 0.717) is 36.9 Å². The Morgan fingerprint density at radius 1 is 1.39 bits per heavy atom. The highest BCUT2D eigenvalue weighted by Crippen LogP contribution is 2.32. The van der Waals surface area contributed by atoms with Crippen LogP contribution in [0.2, 0.25) is 5.15 Å². The average molecular weight is 450 g/mol. The molecule has 0 aliphatic heterocycles. The van der Waals surface area contributed by atoms with Gasteiger partial charge in [0, 0.05) is 13.0 Å². The van der Waals surface area contributed by atoms with Crippen molar-refractivity contribution in [3.05, 3.63) is 46.3 Å². The number of carbonyl (C=O) groups is 1. The zero-order valence-corrected chi connectivity index (χ0v) is 19.6. The molecule has 7 heteroatoms. The monoisotopic (exact) mass is 449 g/mol. The lowest BCUT2D eigenvalue weighted by Crippen LogP contribution is -2.45. The van der Waals surface area contributed by atoms with Gasteiger partial charge in [0.1, 0.15) is 16.8 Å². The molecule has 5 nitrogen and oxygen atoms in total. The topological polar surface area (TPSA) is 67.2 Å². The van der Waals surface area contributed by atoms with Crippen LogP contribution in [0.1, 0.15) is 75.3 Å². The molecule has 1 amide bonds. The number of benzene rings is 1. The molecule has 0 atom stereocenters. The highest BCUT2D eigenvalue weighted by atomic mass is 35.5. The van der Waals surface area contributed by atoms with Gasteiger partial charge in [0.15, 0.2) is 5.69 Å². The van der Waals surface area contributed by atoms with E-state index in [1.807, 2.05) is 13.0 Å². The Labute approximate surface area is 189 Å². The molecule has 3 rings (SSSR count). The molecule has 0 saturated heterocycles. The van der Waals surface area contributed by atoms with Gasteiger partial charge in [0.05, 0.1) is 11.3 Å². The molecule has 2 N–H and O–H groups in total. The lowest BCUT2D eigenvalue weighted by atomic mass is 9.79. The van der Waals surface area contributed by atoms with Gasteiger partial charge in [-0.25, -0.2) is 9.37 Å². The van der Waals surface area contributed by atoms with Crippen LogP contribution in [-0.4, -0.2) is 32.7 Å². The van der Waals surface area contributed by atoms with Gasteiger partial charge in [-0.15, -0.1) is 0 Å². The normalized spacial score (nSPS) is 21.5. The molecule has 1 aromatic heterocycles. The molecule has 1 fully saturated rings. The zero-order chi connectivity index (χ0) is 22.8. The summed E-state index contributed by atoms with van der Waals surface area (Å²) in [7, 11) is 0. The fourth-order valence-electron chi connectivity index (χ4n) is 4.21. The second kappa shape index (κ2) is 9.70. The van der Waals surface area contributed by atoms with Gasteiger partial charge in [0.25, 0.3) is 5.91 Å². The molecule has 2 aromatic rings. The molecule has 1 heterocycles. The molecule has 170 valence electrons. The molecule has 0 unspecified atom stereocenters. The van der Waals surface area contributed by atoms with Gasteiger partial charge in [-0.05, 0) is 61.6 Å². The summed E-state index contributed by atoms with van der Waals surface area (Å²) in [5.74, 6) is 0.670. The van der Waals surface area contributed by atoms with Crippen molar-refractivity contribution < 1.29 is 14.3 Å². The first-order valence-electron chi connectivity index (χ1n) is 11.2. The van der Waals surface area contributed by atoms with E-state index in [-0.39, 0.29) is 23.1 Å². The van der Waals surface area contributed by atoms with E-state index in [1.165, 1.54) is 10.6 Å². The number of aliphatic hydroxyl groups is 1. The number of halogens is 2. The van der Waals surface area contributed by atoms with Crippen LogP contribution >= 0.6 is 11.6 Å². The quantitative estimate of drug-likeness (QED) is 0.618. The molecule has 0 radical (unpaired) electrons. The van der Waals surface area contributed by atoms with E-state index in [0.717, 1.165) is 24.8 Å². The van der Waals surface area contributed by atoms with Gasteiger partial charge in [0.2, 0.25) is 0 Å². The zero-order valence-electron chi connectivity index (χ0n) is 18.8. The van der Waals surface area contributed by atoms with Gasteiger partial charge in [-0.1, -0.05) is 45.4 Å². The number of carbonyl (C=O) groups excluding carboxylic acids is 1. The van der Waals surface area contributed by atoms with E-state index in [9.17, 15) is 14.3 Å². The van der Waals surface area contributed by atoms with Crippen LogP contribution in [0.3, 0.4) is 0 Å². The number of hydrogen-bond acceptors (Lipinski definition) is 3. The third kappa shape index (κ3) is 5.47. The minimum absolute atomic E-state index is 0.0527. The minimum Gasteiger partial charge on any atom is -0.388 e. The molecule has 31 heavy (non-hydrogen) atoms. The standard InChI is InChI=1S/C24H33ClFN3O2/c1-5-20-28-21(23(30)27-14-24(31)10-8-16(4)9-11-24)22(25)29(20)19-7-6-17(12-15(2)3)13-18(19)26/h6-7,13,15-16,31H,5,8-12,14H2,1-4H3,(H,27,30). The SMILES string of the molecule is CCc1nc(C(=O)NCC2(O)CCC(C)CC2)c(Cl)n1-c1ccc(CC(C)C)cc1F. The van der Waals surface area contributed by atoms with Crippen LogP contribution in [0, 0.1) is 17.7 Å². The van der Waals surface area contributed by atoms with Crippen molar-refractivity contribution in [3.8, 4) is 5.69 Å². The van der Waals surface area contributed by atoms with Crippen molar-refractivity contribution in [3.63, 3.8) is 0 Å². The average Bonchev–Trinajstić information content (AvgIpc) is 3.05. The van der Waals surface area contributed by atoms with Crippen LogP contribution in [0.25, 0.3) is 5.69 Å². The largest absolute Gasteiger partial charge is 0.388 e. The van der Waals surface area contributed by atoms with Crippen LogP contribution in [0.15, 0.2) is 18.2 Å². The summed E-state index contributed by atoms with van der Waals surface area (Å²) in [6.07, 6.45) is 4.46. The van der Waals surface area contributed by atoms with Crippen molar-refractivity contribution in [1.82, 2.24) is 14.9 Å². The van der Waals surface area contributed by atoms with Gasteiger partial charge < -0.3 is 10.4 Å².